The van der Waals surface area contributed by atoms with Crippen LogP contribution in [0.2, 0.25) is 0 Å². The topological polar surface area (TPSA) is 46.4 Å². The average molecular weight is 263 g/mol. The quantitative estimate of drug-likeness (QED) is 0.733. The van der Waals surface area contributed by atoms with Crippen LogP contribution < -0.4 is 5.32 Å². The number of hydrogen-bond donors (Lipinski definition) is 1. The number of amides is 1. The van der Waals surface area contributed by atoms with E-state index in [4.69, 9.17) is 0 Å². The number of aryl methyl sites for hydroxylation is 1. The van der Waals surface area contributed by atoms with E-state index in [-0.39, 0.29) is 5.91 Å². The third-order valence-corrected chi connectivity index (χ3v) is 3.64. The van der Waals surface area contributed by atoms with Crippen molar-refractivity contribution in [3.63, 3.8) is 0 Å². The number of rotatable bonds is 1. The molecule has 0 atom stereocenters. The minimum absolute atomic E-state index is 0.0581. The first-order chi connectivity index (χ1) is 9.69. The first-order valence-electron chi connectivity index (χ1n) is 6.57. The average Bonchev–Trinajstić information content (AvgIpc) is 2.99. The standard InChI is InChI=1S/C16H13N3O/c1-10-4-5-19-9-14(17-15(19)6-10)11-2-3-13-12(7-11)8-16(20)18-13/h2-7,9H,8H2,1H3,(H,18,20). The predicted octanol–water partition coefficient (Wildman–Crippen LogP) is 2.80. The Morgan fingerprint density at radius 1 is 1.25 bits per heavy atom. The van der Waals surface area contributed by atoms with E-state index in [0.717, 1.165) is 28.2 Å². The van der Waals surface area contributed by atoms with E-state index in [1.165, 1.54) is 5.56 Å². The summed E-state index contributed by atoms with van der Waals surface area (Å²) in [5, 5.41) is 2.85. The van der Waals surface area contributed by atoms with Crippen molar-refractivity contribution in [1.82, 2.24) is 9.38 Å². The minimum Gasteiger partial charge on any atom is -0.326 e. The molecule has 4 heteroatoms. The van der Waals surface area contributed by atoms with Crippen LogP contribution in [0.15, 0.2) is 42.7 Å². The van der Waals surface area contributed by atoms with Gasteiger partial charge in [0.1, 0.15) is 5.65 Å². The molecule has 0 radical (unpaired) electrons. The molecule has 0 aliphatic carbocycles. The fourth-order valence-corrected chi connectivity index (χ4v) is 2.61. The summed E-state index contributed by atoms with van der Waals surface area (Å²) in [5.74, 6) is 0.0581. The van der Waals surface area contributed by atoms with Gasteiger partial charge >= 0.3 is 0 Å². The molecule has 4 rings (SSSR count). The number of carbonyl (C=O) groups excluding carboxylic acids is 1. The molecule has 4 nitrogen and oxygen atoms in total. The highest BCUT2D eigenvalue weighted by Gasteiger charge is 2.18. The van der Waals surface area contributed by atoms with E-state index in [1.54, 1.807) is 0 Å². The van der Waals surface area contributed by atoms with Crippen LogP contribution in [-0.4, -0.2) is 15.3 Å². The van der Waals surface area contributed by atoms with Crippen LogP contribution >= 0.6 is 0 Å². The highest BCUT2D eigenvalue weighted by Crippen LogP contribution is 2.28. The molecule has 0 spiro atoms. The molecule has 98 valence electrons. The Morgan fingerprint density at radius 2 is 2.15 bits per heavy atom. The molecule has 3 heterocycles. The van der Waals surface area contributed by atoms with E-state index in [0.29, 0.717) is 6.42 Å². The lowest BCUT2D eigenvalue weighted by Gasteiger charge is -2.00. The highest BCUT2D eigenvalue weighted by atomic mass is 16.1. The van der Waals surface area contributed by atoms with Gasteiger partial charge < -0.3 is 9.72 Å². The van der Waals surface area contributed by atoms with E-state index in [2.05, 4.69) is 29.4 Å². The van der Waals surface area contributed by atoms with Crippen LogP contribution in [0, 0.1) is 6.92 Å². The molecule has 2 aromatic heterocycles. The molecule has 1 aromatic carbocycles. The number of imidazole rings is 1. The molecule has 0 bridgehead atoms. The molecular formula is C16H13N3O. The Hall–Kier alpha value is -2.62. The summed E-state index contributed by atoms with van der Waals surface area (Å²) in [6.07, 6.45) is 4.48. The van der Waals surface area contributed by atoms with Crippen LogP contribution in [-0.2, 0) is 11.2 Å². The second kappa shape index (κ2) is 3.93. The largest absolute Gasteiger partial charge is 0.326 e. The van der Waals surface area contributed by atoms with Gasteiger partial charge in [-0.25, -0.2) is 4.98 Å². The number of nitrogens with zero attached hydrogens (tertiary/aromatic N) is 2. The van der Waals surface area contributed by atoms with Crippen LogP contribution in [0.25, 0.3) is 16.9 Å². The van der Waals surface area contributed by atoms with Crippen molar-refractivity contribution in [1.29, 1.82) is 0 Å². The third-order valence-electron chi connectivity index (χ3n) is 3.64. The van der Waals surface area contributed by atoms with Crippen molar-refractivity contribution in [2.24, 2.45) is 0 Å². The fourth-order valence-electron chi connectivity index (χ4n) is 2.61. The van der Waals surface area contributed by atoms with Gasteiger partial charge in [-0.3, -0.25) is 4.79 Å². The first kappa shape index (κ1) is 11.2. The fraction of sp³-hybridized carbons (Fsp3) is 0.125. The highest BCUT2D eigenvalue weighted by molar-refractivity contribution is 5.99. The van der Waals surface area contributed by atoms with Crippen molar-refractivity contribution in [2.75, 3.05) is 5.32 Å². The Kier molecular flexibility index (Phi) is 2.21. The minimum atomic E-state index is 0.0581. The molecule has 0 saturated carbocycles. The molecule has 1 N–H and O–H groups in total. The van der Waals surface area contributed by atoms with E-state index < -0.39 is 0 Å². The normalized spacial score (nSPS) is 13.6. The lowest BCUT2D eigenvalue weighted by atomic mass is 10.1. The second-order valence-corrected chi connectivity index (χ2v) is 5.19. The summed E-state index contributed by atoms with van der Waals surface area (Å²) < 4.78 is 2.01. The smallest absolute Gasteiger partial charge is 0.228 e. The van der Waals surface area contributed by atoms with Gasteiger partial charge in [0, 0.05) is 23.6 Å². The molecule has 1 aliphatic heterocycles. The van der Waals surface area contributed by atoms with Gasteiger partial charge in [-0.05, 0) is 42.3 Å². The summed E-state index contributed by atoms with van der Waals surface area (Å²) >= 11 is 0. The SMILES string of the molecule is Cc1ccn2cc(-c3ccc4c(c3)CC(=O)N4)nc2c1. The van der Waals surface area contributed by atoms with Gasteiger partial charge in [0.25, 0.3) is 0 Å². The molecule has 3 aromatic rings. The Labute approximate surface area is 116 Å². The summed E-state index contributed by atoms with van der Waals surface area (Å²) in [6, 6.07) is 10.1. The van der Waals surface area contributed by atoms with E-state index >= 15 is 0 Å². The number of hydrogen-bond acceptors (Lipinski definition) is 2. The van der Waals surface area contributed by atoms with E-state index in [1.807, 2.05) is 35.0 Å². The van der Waals surface area contributed by atoms with Gasteiger partial charge in [0.15, 0.2) is 0 Å². The zero-order valence-electron chi connectivity index (χ0n) is 11.1. The maximum absolute atomic E-state index is 11.4. The van der Waals surface area contributed by atoms with E-state index in [9.17, 15) is 4.79 Å². The van der Waals surface area contributed by atoms with Gasteiger partial charge in [-0.1, -0.05) is 6.07 Å². The number of pyridine rings is 1. The maximum atomic E-state index is 11.4. The Balaban J connectivity index is 1.83. The molecule has 1 amide bonds. The summed E-state index contributed by atoms with van der Waals surface area (Å²) in [4.78, 5) is 16.0. The number of benzene rings is 1. The van der Waals surface area contributed by atoms with Crippen molar-refractivity contribution >= 4 is 17.2 Å². The summed E-state index contributed by atoms with van der Waals surface area (Å²) in [7, 11) is 0. The molecular weight excluding hydrogens is 250 g/mol. The van der Waals surface area contributed by atoms with Crippen molar-refractivity contribution in [2.45, 2.75) is 13.3 Å². The Morgan fingerprint density at radius 3 is 3.05 bits per heavy atom. The van der Waals surface area contributed by atoms with Crippen LogP contribution in [0.5, 0.6) is 0 Å². The number of nitrogens with one attached hydrogen (secondary N) is 1. The van der Waals surface area contributed by atoms with Crippen LogP contribution in [0.3, 0.4) is 0 Å². The van der Waals surface area contributed by atoms with Crippen LogP contribution in [0.4, 0.5) is 5.69 Å². The molecule has 0 unspecified atom stereocenters. The van der Waals surface area contributed by atoms with Crippen molar-refractivity contribution in [3.8, 4) is 11.3 Å². The third kappa shape index (κ3) is 1.69. The number of carbonyl (C=O) groups is 1. The maximum Gasteiger partial charge on any atom is 0.228 e. The zero-order chi connectivity index (χ0) is 13.7. The molecule has 0 saturated heterocycles. The number of anilines is 1. The van der Waals surface area contributed by atoms with Crippen molar-refractivity contribution in [3.05, 3.63) is 53.9 Å². The first-order valence-corrected chi connectivity index (χ1v) is 6.57. The van der Waals surface area contributed by atoms with Gasteiger partial charge in [-0.15, -0.1) is 0 Å². The number of fused-ring (bicyclic) bond motifs is 2. The molecule has 0 fully saturated rings. The second-order valence-electron chi connectivity index (χ2n) is 5.19. The molecule has 1 aliphatic rings. The summed E-state index contributed by atoms with van der Waals surface area (Å²) in [5.41, 5.74) is 6.06. The van der Waals surface area contributed by atoms with Crippen molar-refractivity contribution < 1.29 is 4.79 Å². The van der Waals surface area contributed by atoms with Gasteiger partial charge in [-0.2, -0.15) is 0 Å². The predicted molar refractivity (Wildman–Crippen MR) is 77.7 cm³/mol. The van der Waals surface area contributed by atoms with Crippen LogP contribution in [0.1, 0.15) is 11.1 Å². The Bertz CT molecular complexity index is 848. The van der Waals surface area contributed by atoms with Gasteiger partial charge in [0.2, 0.25) is 5.91 Å². The zero-order valence-corrected chi connectivity index (χ0v) is 11.1. The monoisotopic (exact) mass is 263 g/mol. The summed E-state index contributed by atoms with van der Waals surface area (Å²) in [6.45, 7) is 2.06. The lowest BCUT2D eigenvalue weighted by Crippen LogP contribution is -2.03. The lowest BCUT2D eigenvalue weighted by molar-refractivity contribution is -0.115. The number of aromatic nitrogens is 2. The van der Waals surface area contributed by atoms with Gasteiger partial charge in [0.05, 0.1) is 12.1 Å². The molecule has 20 heavy (non-hydrogen) atoms.